The molecule has 10 rings (SSSR count). The average molecular weight is 1030 g/mol. The second-order valence-electron chi connectivity index (χ2n) is 19.6. The topological polar surface area (TPSA) is 263 Å². The molecule has 0 saturated carbocycles. The fourth-order valence-electron chi connectivity index (χ4n) is 8.72. The van der Waals surface area contributed by atoms with Crippen LogP contribution in [-0.2, 0) is 0 Å². The molecule has 2 fully saturated rings. The lowest BCUT2D eigenvalue weighted by atomic mass is 10.1. The number of nitrogen functional groups attached to an aromatic ring is 1. The van der Waals surface area contributed by atoms with Crippen molar-refractivity contribution in [3.05, 3.63) is 142 Å². The molecule has 2 aliphatic heterocycles. The third-order valence-electron chi connectivity index (χ3n) is 13.1. The Morgan fingerprint density at radius 3 is 1.39 bits per heavy atom. The lowest BCUT2D eigenvalue weighted by Gasteiger charge is -2.28. The quantitative estimate of drug-likeness (QED) is 0.0364. The normalized spacial score (nSPS) is 14.6. The Balaban J connectivity index is 0.000000186. The number of fused-ring (bicyclic) bond motifs is 2. The summed E-state index contributed by atoms with van der Waals surface area (Å²) in [7, 11) is 4.22. The molecule has 4 aromatic heterocycles. The Kier molecular flexibility index (Phi) is 15.9. The first-order chi connectivity index (χ1) is 36.6. The number of piperidine rings is 2. The number of amides is 2. The summed E-state index contributed by atoms with van der Waals surface area (Å²) >= 11 is 0. The first-order valence-corrected chi connectivity index (χ1v) is 25.3. The fourth-order valence-corrected chi connectivity index (χ4v) is 8.72. The van der Waals surface area contributed by atoms with E-state index in [9.17, 15) is 19.7 Å². The maximum Gasteiger partial charge on any atom is 0.322 e. The molecule has 0 atom stereocenters. The monoisotopic (exact) mass is 1030 g/mol. The van der Waals surface area contributed by atoms with Crippen molar-refractivity contribution < 1.29 is 24.0 Å². The summed E-state index contributed by atoms with van der Waals surface area (Å²) in [6.07, 6.45) is 7.40. The maximum atomic E-state index is 12.7. The number of nitro groups is 1. The van der Waals surface area contributed by atoms with Gasteiger partial charge < -0.3 is 46.3 Å². The second kappa shape index (κ2) is 23.2. The zero-order valence-electron chi connectivity index (χ0n) is 43.3. The Hall–Kier alpha value is -8.76. The molecule has 0 bridgehead atoms. The number of hydrogen-bond donors (Lipinski definition) is 5. The van der Waals surface area contributed by atoms with Crippen LogP contribution < -0.4 is 36.5 Å². The summed E-state index contributed by atoms with van der Waals surface area (Å²) in [5.41, 5.74) is 13.1. The first-order valence-electron chi connectivity index (χ1n) is 25.3. The minimum Gasteiger partial charge on any atom is -0.460 e. The van der Waals surface area contributed by atoms with Crippen molar-refractivity contribution in [2.45, 2.75) is 77.4 Å². The Morgan fingerprint density at radius 2 is 1.00 bits per heavy atom. The van der Waals surface area contributed by atoms with E-state index in [0.717, 1.165) is 68.7 Å². The number of anilines is 7. The summed E-state index contributed by atoms with van der Waals surface area (Å²) in [6.45, 7) is 12.3. The molecule has 2 amide bonds. The third-order valence-corrected chi connectivity index (χ3v) is 13.1. The molecule has 394 valence electrons. The Bertz CT molecular complexity index is 3330. The minimum absolute atomic E-state index is 0.0416. The van der Waals surface area contributed by atoms with Crippen molar-refractivity contribution in [1.82, 2.24) is 49.0 Å². The van der Waals surface area contributed by atoms with E-state index in [4.69, 9.17) is 25.2 Å². The number of carbonyl (C=O) groups excluding carboxylic acids is 2. The molecule has 22 nitrogen and oxygen atoms in total. The second-order valence-corrected chi connectivity index (χ2v) is 19.6. The molecule has 2 aliphatic rings. The Labute approximate surface area is 439 Å². The van der Waals surface area contributed by atoms with Gasteiger partial charge in [-0.15, -0.1) is 0 Å². The van der Waals surface area contributed by atoms with E-state index in [2.05, 4.69) is 93.0 Å². The molecule has 0 radical (unpaired) electrons. The van der Waals surface area contributed by atoms with Crippen molar-refractivity contribution in [3.63, 3.8) is 0 Å². The first kappa shape index (κ1) is 52.1. The van der Waals surface area contributed by atoms with Gasteiger partial charge >= 0.3 is 12.0 Å². The molecule has 0 spiro atoms. The highest BCUT2D eigenvalue weighted by molar-refractivity contribution is 6.05. The highest BCUT2D eigenvalue weighted by Gasteiger charge is 2.24. The van der Waals surface area contributed by atoms with E-state index in [1.165, 1.54) is 24.3 Å². The molecule has 4 aromatic carbocycles. The molecular formula is C54H62N16O6. The van der Waals surface area contributed by atoms with Gasteiger partial charge in [-0.2, -0.15) is 39.2 Å². The number of hydrogen-bond acceptors (Lipinski definition) is 17. The Morgan fingerprint density at radius 1 is 0.605 bits per heavy atom. The standard InChI is InChI=1S/C27H30N8O4.C27H32N8O2/c1-17(2)23-16-28-34-24(23)31-27(39-22-11-13-33(3)14-12-22)32-26(34)30-20-6-4-5-19(15-20)29-25(36)18-7-9-21(10-8-18)35(37)38;1-17(2)23-16-29-35-24(23)32-27(37-22-11-13-34(3)14-12-22)33-26(35)31-21-6-4-5-20(15-21)30-25(36)18-7-9-19(28)10-8-18/h4-10,15-17,22H,11-14H2,1-3H3,(H,29,36)(H,30,31,32);4-10,15-17,22H,11-14,28H2,1-3H3,(H,30,36)(H,31,32,33). The SMILES string of the molecule is CC(C)c1cnn2c(Nc3cccc(NC(=O)c4ccc(N)cc4)c3)nc(OC3CCN(C)CC3)nc12.CC(C)c1cnn2c(Nc3cccc(NC(=O)c4ccc([N+](=O)[O-])cc4)c3)nc(OC3CCN(C)CC3)nc12. The number of benzene rings is 4. The molecule has 22 heteroatoms. The van der Waals surface area contributed by atoms with Crippen LogP contribution in [0.2, 0.25) is 0 Å². The molecule has 6 N–H and O–H groups in total. The third kappa shape index (κ3) is 12.8. The number of nitrogens with zero attached hydrogens (tertiary/aromatic N) is 11. The van der Waals surface area contributed by atoms with Crippen LogP contribution >= 0.6 is 0 Å². The summed E-state index contributed by atoms with van der Waals surface area (Å²) < 4.78 is 15.8. The van der Waals surface area contributed by atoms with Crippen LogP contribution in [0.1, 0.15) is 97.1 Å². The van der Waals surface area contributed by atoms with Gasteiger partial charge in [0.05, 0.1) is 17.3 Å². The average Bonchev–Trinajstić information content (AvgIpc) is 4.05. The summed E-state index contributed by atoms with van der Waals surface area (Å²) in [5.74, 6) is 0.774. The van der Waals surface area contributed by atoms with E-state index in [1.807, 2.05) is 36.5 Å². The number of nitro benzene ring substituents is 1. The smallest absolute Gasteiger partial charge is 0.322 e. The van der Waals surface area contributed by atoms with Crippen LogP contribution in [0.5, 0.6) is 12.0 Å². The number of carbonyl (C=O) groups is 2. The zero-order valence-corrected chi connectivity index (χ0v) is 43.3. The van der Waals surface area contributed by atoms with Gasteiger partial charge in [0.15, 0.2) is 11.3 Å². The largest absolute Gasteiger partial charge is 0.460 e. The predicted molar refractivity (Wildman–Crippen MR) is 291 cm³/mol. The van der Waals surface area contributed by atoms with Crippen molar-refractivity contribution in [2.24, 2.45) is 0 Å². The molecular weight excluding hydrogens is 969 g/mol. The van der Waals surface area contributed by atoms with Crippen LogP contribution in [0, 0.1) is 10.1 Å². The van der Waals surface area contributed by atoms with E-state index in [1.54, 1.807) is 57.7 Å². The van der Waals surface area contributed by atoms with Crippen LogP contribution in [-0.4, -0.2) is 118 Å². The minimum atomic E-state index is -0.505. The summed E-state index contributed by atoms with van der Waals surface area (Å²) in [6, 6.07) is 27.5. The van der Waals surface area contributed by atoms with E-state index in [0.29, 0.717) is 69.1 Å². The van der Waals surface area contributed by atoms with E-state index >= 15 is 0 Å². The molecule has 6 heterocycles. The van der Waals surface area contributed by atoms with Crippen molar-refractivity contribution in [2.75, 3.05) is 67.3 Å². The highest BCUT2D eigenvalue weighted by Crippen LogP contribution is 2.29. The number of aromatic nitrogens is 8. The molecule has 0 unspecified atom stereocenters. The van der Waals surface area contributed by atoms with Crippen LogP contribution in [0.3, 0.4) is 0 Å². The van der Waals surface area contributed by atoms with Crippen LogP contribution in [0.15, 0.2) is 109 Å². The number of non-ortho nitro benzene ring substituents is 1. The van der Waals surface area contributed by atoms with Gasteiger partial charge in [0.1, 0.15) is 12.2 Å². The van der Waals surface area contributed by atoms with Gasteiger partial charge in [-0.25, -0.2) is 0 Å². The number of nitrogens with two attached hydrogens (primary N) is 1. The number of rotatable bonds is 15. The fraction of sp³-hybridized carbons (Fsp3) is 0.333. The molecule has 2 saturated heterocycles. The zero-order chi connectivity index (χ0) is 53.5. The van der Waals surface area contributed by atoms with Crippen LogP contribution in [0.4, 0.5) is 46.0 Å². The van der Waals surface area contributed by atoms with Gasteiger partial charge in [0.2, 0.25) is 11.9 Å². The van der Waals surface area contributed by atoms with Gasteiger partial charge in [-0.05, 0) is 124 Å². The van der Waals surface area contributed by atoms with Gasteiger partial charge in [-0.3, -0.25) is 19.7 Å². The van der Waals surface area contributed by atoms with Gasteiger partial charge in [0, 0.05) is 89.0 Å². The lowest BCUT2D eigenvalue weighted by Crippen LogP contribution is -2.36. The van der Waals surface area contributed by atoms with Gasteiger partial charge in [0.25, 0.3) is 17.5 Å². The molecule has 76 heavy (non-hydrogen) atoms. The number of nitrogens with one attached hydrogen (secondary N) is 4. The molecule has 8 aromatic rings. The van der Waals surface area contributed by atoms with E-state index < -0.39 is 4.92 Å². The predicted octanol–water partition coefficient (Wildman–Crippen LogP) is 8.92. The lowest BCUT2D eigenvalue weighted by molar-refractivity contribution is -0.384. The number of likely N-dealkylation sites (tertiary alicyclic amines) is 2. The summed E-state index contributed by atoms with van der Waals surface area (Å²) in [4.78, 5) is 59.0. The molecule has 0 aliphatic carbocycles. The highest BCUT2D eigenvalue weighted by atomic mass is 16.6. The van der Waals surface area contributed by atoms with Crippen molar-refractivity contribution >= 4 is 69.1 Å². The van der Waals surface area contributed by atoms with Crippen LogP contribution in [0.25, 0.3) is 11.3 Å². The number of ether oxygens (including phenoxy) is 2. The van der Waals surface area contributed by atoms with Crippen molar-refractivity contribution in [3.8, 4) is 12.0 Å². The van der Waals surface area contributed by atoms with E-state index in [-0.39, 0.29) is 41.5 Å². The van der Waals surface area contributed by atoms with Gasteiger partial charge in [-0.1, -0.05) is 39.8 Å². The van der Waals surface area contributed by atoms with Crippen molar-refractivity contribution in [1.29, 1.82) is 0 Å². The maximum absolute atomic E-state index is 12.7. The summed E-state index contributed by atoms with van der Waals surface area (Å²) in [5, 5.41) is 32.3.